The summed E-state index contributed by atoms with van der Waals surface area (Å²) in [6, 6.07) is 9.28. The maximum atomic E-state index is 12.4. The van der Waals surface area contributed by atoms with Crippen LogP contribution in [0.5, 0.6) is 0 Å². The van der Waals surface area contributed by atoms with E-state index in [4.69, 9.17) is 0 Å². The van der Waals surface area contributed by atoms with Gasteiger partial charge in [0.15, 0.2) is 0 Å². The maximum Gasteiger partial charge on any atom is 0.229 e. The van der Waals surface area contributed by atoms with Gasteiger partial charge in [-0.25, -0.2) is 0 Å². The number of carbonyl (C=O) groups excluding carboxylic acids is 3. The summed E-state index contributed by atoms with van der Waals surface area (Å²) in [4.78, 5) is 38.3. The summed E-state index contributed by atoms with van der Waals surface area (Å²) >= 11 is 0. The highest BCUT2D eigenvalue weighted by molar-refractivity contribution is 6.02. The van der Waals surface area contributed by atoms with Crippen LogP contribution in [-0.4, -0.2) is 52.8 Å². The van der Waals surface area contributed by atoms with Gasteiger partial charge in [-0.1, -0.05) is 30.3 Å². The van der Waals surface area contributed by atoms with E-state index in [0.29, 0.717) is 6.42 Å². The van der Waals surface area contributed by atoms with Crippen LogP contribution in [0, 0.1) is 0 Å². The van der Waals surface area contributed by atoms with Crippen molar-refractivity contribution in [3.8, 4) is 0 Å². The van der Waals surface area contributed by atoms with Crippen molar-refractivity contribution >= 4 is 17.7 Å². The van der Waals surface area contributed by atoms with Gasteiger partial charge in [-0.05, 0) is 12.0 Å². The highest BCUT2D eigenvalue weighted by atomic mass is 16.3. The standard InChI is InChI=1S/C17H22N2O4/c1-18(14(10-12-20)13-5-3-2-4-6-13)15(21)9-11-19-16(22)7-8-17(19)23/h2-6,14,20H,7-12H2,1H3. The summed E-state index contributed by atoms with van der Waals surface area (Å²) in [5.41, 5.74) is 0.950. The van der Waals surface area contributed by atoms with E-state index in [1.165, 1.54) is 0 Å². The third-order valence-electron chi connectivity index (χ3n) is 4.15. The summed E-state index contributed by atoms with van der Waals surface area (Å²) in [6.07, 6.45) is 1.01. The SMILES string of the molecule is CN(C(=O)CCN1C(=O)CCC1=O)C(CCO)c1ccccc1. The lowest BCUT2D eigenvalue weighted by Crippen LogP contribution is -2.36. The number of likely N-dealkylation sites (tertiary alicyclic amines) is 1. The Morgan fingerprint density at radius 2 is 1.83 bits per heavy atom. The van der Waals surface area contributed by atoms with Gasteiger partial charge in [-0.15, -0.1) is 0 Å². The molecule has 1 saturated heterocycles. The third kappa shape index (κ3) is 4.16. The van der Waals surface area contributed by atoms with E-state index in [9.17, 15) is 19.5 Å². The van der Waals surface area contributed by atoms with Crippen LogP contribution in [0.3, 0.4) is 0 Å². The molecule has 0 aliphatic carbocycles. The second kappa shape index (κ2) is 7.87. The number of imide groups is 1. The maximum absolute atomic E-state index is 12.4. The number of benzene rings is 1. The predicted molar refractivity (Wildman–Crippen MR) is 84.2 cm³/mol. The number of rotatable bonds is 7. The molecular weight excluding hydrogens is 296 g/mol. The van der Waals surface area contributed by atoms with Crippen LogP contribution in [0.1, 0.15) is 37.3 Å². The van der Waals surface area contributed by atoms with Gasteiger partial charge in [-0.3, -0.25) is 19.3 Å². The minimum atomic E-state index is -0.223. The minimum absolute atomic E-state index is 0.0275. The van der Waals surface area contributed by atoms with E-state index in [1.54, 1.807) is 11.9 Å². The minimum Gasteiger partial charge on any atom is -0.396 e. The number of aliphatic hydroxyl groups excluding tert-OH is 1. The van der Waals surface area contributed by atoms with Crippen LogP contribution in [0.4, 0.5) is 0 Å². The van der Waals surface area contributed by atoms with Crippen molar-refractivity contribution in [3.63, 3.8) is 0 Å². The highest BCUT2D eigenvalue weighted by Crippen LogP contribution is 2.23. The quantitative estimate of drug-likeness (QED) is 0.764. The van der Waals surface area contributed by atoms with Crippen molar-refractivity contribution in [1.82, 2.24) is 9.80 Å². The molecule has 1 aliphatic rings. The Morgan fingerprint density at radius 1 is 1.22 bits per heavy atom. The Labute approximate surface area is 135 Å². The zero-order chi connectivity index (χ0) is 16.8. The van der Waals surface area contributed by atoms with Crippen LogP contribution < -0.4 is 0 Å². The molecule has 6 nitrogen and oxygen atoms in total. The molecule has 0 bridgehead atoms. The molecule has 1 fully saturated rings. The zero-order valence-electron chi connectivity index (χ0n) is 13.3. The van der Waals surface area contributed by atoms with E-state index >= 15 is 0 Å². The van der Waals surface area contributed by atoms with Crippen molar-refractivity contribution in [2.45, 2.75) is 31.7 Å². The van der Waals surface area contributed by atoms with Gasteiger partial charge < -0.3 is 10.0 Å². The smallest absolute Gasteiger partial charge is 0.229 e. The lowest BCUT2D eigenvalue weighted by atomic mass is 10.0. The predicted octanol–water partition coefficient (Wildman–Crippen LogP) is 1.11. The van der Waals surface area contributed by atoms with Crippen molar-refractivity contribution in [2.75, 3.05) is 20.2 Å². The van der Waals surface area contributed by atoms with Crippen molar-refractivity contribution in [1.29, 1.82) is 0 Å². The molecule has 1 aliphatic heterocycles. The fraction of sp³-hybridized carbons (Fsp3) is 0.471. The first-order valence-electron chi connectivity index (χ1n) is 7.79. The van der Waals surface area contributed by atoms with Crippen LogP contribution in [0.2, 0.25) is 0 Å². The molecule has 0 aromatic heterocycles. The second-order valence-electron chi connectivity index (χ2n) is 5.63. The molecule has 1 N–H and O–H groups in total. The number of nitrogens with zero attached hydrogens (tertiary/aromatic N) is 2. The van der Waals surface area contributed by atoms with Gasteiger partial charge in [0.25, 0.3) is 0 Å². The van der Waals surface area contributed by atoms with E-state index in [1.807, 2.05) is 30.3 Å². The largest absolute Gasteiger partial charge is 0.396 e. The molecule has 1 heterocycles. The van der Waals surface area contributed by atoms with Crippen molar-refractivity contribution < 1.29 is 19.5 Å². The number of carbonyl (C=O) groups is 3. The normalized spacial score (nSPS) is 15.8. The summed E-state index contributed by atoms with van der Waals surface area (Å²) in [7, 11) is 1.68. The Bertz CT molecular complexity index is 557. The molecule has 23 heavy (non-hydrogen) atoms. The van der Waals surface area contributed by atoms with E-state index in [0.717, 1.165) is 10.5 Å². The van der Waals surface area contributed by atoms with Crippen LogP contribution in [0.15, 0.2) is 30.3 Å². The van der Waals surface area contributed by atoms with Crippen molar-refractivity contribution in [2.24, 2.45) is 0 Å². The molecule has 1 aromatic carbocycles. The lowest BCUT2D eigenvalue weighted by molar-refractivity contribution is -0.139. The summed E-state index contributed by atoms with van der Waals surface area (Å²) < 4.78 is 0. The highest BCUT2D eigenvalue weighted by Gasteiger charge is 2.30. The Hall–Kier alpha value is -2.21. The average molecular weight is 318 g/mol. The molecule has 1 atom stereocenters. The Balaban J connectivity index is 1.99. The van der Waals surface area contributed by atoms with Gasteiger partial charge in [0.05, 0.1) is 6.04 Å². The molecule has 0 spiro atoms. The van der Waals surface area contributed by atoms with Crippen LogP contribution in [-0.2, 0) is 14.4 Å². The average Bonchev–Trinajstić information content (AvgIpc) is 2.89. The first kappa shape index (κ1) is 17.1. The zero-order valence-corrected chi connectivity index (χ0v) is 13.3. The molecular formula is C17H22N2O4. The summed E-state index contributed by atoms with van der Waals surface area (Å²) in [6.45, 7) is 0.0990. The van der Waals surface area contributed by atoms with E-state index < -0.39 is 0 Å². The first-order chi connectivity index (χ1) is 11.0. The molecule has 3 amide bonds. The number of aliphatic hydroxyl groups is 1. The fourth-order valence-corrected chi connectivity index (χ4v) is 2.81. The number of hydrogen-bond donors (Lipinski definition) is 1. The monoisotopic (exact) mass is 318 g/mol. The Kier molecular flexibility index (Phi) is 5.87. The first-order valence-corrected chi connectivity index (χ1v) is 7.79. The molecule has 0 saturated carbocycles. The molecule has 2 rings (SSSR count). The van der Waals surface area contributed by atoms with Crippen LogP contribution in [0.25, 0.3) is 0 Å². The van der Waals surface area contributed by atoms with Crippen LogP contribution >= 0.6 is 0 Å². The summed E-state index contributed by atoms with van der Waals surface area (Å²) in [5, 5.41) is 9.27. The lowest BCUT2D eigenvalue weighted by Gasteiger charge is -2.29. The van der Waals surface area contributed by atoms with Gasteiger partial charge in [-0.2, -0.15) is 0 Å². The molecule has 6 heteroatoms. The molecule has 0 radical (unpaired) electrons. The second-order valence-corrected chi connectivity index (χ2v) is 5.63. The van der Waals surface area contributed by atoms with Gasteiger partial charge in [0.1, 0.15) is 0 Å². The molecule has 124 valence electrons. The van der Waals surface area contributed by atoms with E-state index in [-0.39, 0.29) is 56.2 Å². The van der Waals surface area contributed by atoms with Crippen molar-refractivity contribution in [3.05, 3.63) is 35.9 Å². The number of hydrogen-bond acceptors (Lipinski definition) is 4. The number of amides is 3. The molecule has 1 aromatic rings. The van der Waals surface area contributed by atoms with Gasteiger partial charge in [0, 0.05) is 39.5 Å². The van der Waals surface area contributed by atoms with Gasteiger partial charge >= 0.3 is 0 Å². The van der Waals surface area contributed by atoms with E-state index in [2.05, 4.69) is 0 Å². The topological polar surface area (TPSA) is 77.9 Å². The summed E-state index contributed by atoms with van der Waals surface area (Å²) in [5.74, 6) is -0.569. The molecule has 1 unspecified atom stereocenters. The third-order valence-corrected chi connectivity index (χ3v) is 4.15. The fourth-order valence-electron chi connectivity index (χ4n) is 2.81. The Morgan fingerprint density at radius 3 is 2.39 bits per heavy atom. The van der Waals surface area contributed by atoms with Gasteiger partial charge in [0.2, 0.25) is 17.7 Å².